The molecule has 0 saturated heterocycles. The first-order valence-electron chi connectivity index (χ1n) is 9.35. The van der Waals surface area contributed by atoms with Crippen LogP contribution in [0.1, 0.15) is 19.4 Å². The number of aryl methyl sites for hydroxylation is 1. The Kier molecular flexibility index (Phi) is 5.09. The number of nitrogens with one attached hydrogen (secondary N) is 1. The maximum atomic E-state index is 12.4. The summed E-state index contributed by atoms with van der Waals surface area (Å²) < 4.78 is 2.12. The molecule has 1 aromatic heterocycles. The Bertz CT molecular complexity index is 1060. The molecule has 6 nitrogen and oxygen atoms in total. The molecular formula is C21H22N4O2S. The van der Waals surface area contributed by atoms with E-state index in [1.165, 1.54) is 11.8 Å². The van der Waals surface area contributed by atoms with Gasteiger partial charge in [-0.1, -0.05) is 23.9 Å². The molecule has 0 saturated carbocycles. The Morgan fingerprint density at radius 3 is 2.82 bits per heavy atom. The maximum absolute atomic E-state index is 12.4. The zero-order valence-corrected chi connectivity index (χ0v) is 16.8. The van der Waals surface area contributed by atoms with Crippen LogP contribution < -0.4 is 10.2 Å². The molecule has 0 aliphatic carbocycles. The van der Waals surface area contributed by atoms with Gasteiger partial charge in [-0.15, -0.1) is 0 Å². The number of para-hydroxylation sites is 2. The number of carbonyl (C=O) groups excluding carboxylic acids is 2. The van der Waals surface area contributed by atoms with Crippen molar-refractivity contribution < 1.29 is 9.59 Å². The van der Waals surface area contributed by atoms with Crippen molar-refractivity contribution in [2.45, 2.75) is 32.0 Å². The minimum Gasteiger partial charge on any atom is -0.325 e. The average molecular weight is 395 g/mol. The second-order valence-corrected chi connectivity index (χ2v) is 7.67. The summed E-state index contributed by atoms with van der Waals surface area (Å²) in [5.41, 5.74) is 4.83. The van der Waals surface area contributed by atoms with Gasteiger partial charge in [0.25, 0.3) is 0 Å². The van der Waals surface area contributed by atoms with Crippen LogP contribution in [0.4, 0.5) is 11.4 Å². The number of fused-ring (bicyclic) bond motifs is 2. The predicted molar refractivity (Wildman–Crippen MR) is 113 cm³/mol. The zero-order valence-electron chi connectivity index (χ0n) is 15.9. The highest BCUT2D eigenvalue weighted by Gasteiger charge is 2.22. The number of hydrogen-bond donors (Lipinski definition) is 1. The second-order valence-electron chi connectivity index (χ2n) is 6.73. The van der Waals surface area contributed by atoms with Crippen LogP contribution >= 0.6 is 11.8 Å². The van der Waals surface area contributed by atoms with Crippen LogP contribution in [-0.2, 0) is 22.6 Å². The normalized spacial score (nSPS) is 13.0. The molecule has 0 bridgehead atoms. The number of hydrogen-bond acceptors (Lipinski definition) is 4. The highest BCUT2D eigenvalue weighted by atomic mass is 32.2. The van der Waals surface area contributed by atoms with Crippen LogP contribution in [0.15, 0.2) is 47.6 Å². The molecule has 1 aliphatic rings. The van der Waals surface area contributed by atoms with Crippen molar-refractivity contribution in [1.82, 2.24) is 9.55 Å². The lowest BCUT2D eigenvalue weighted by Crippen LogP contribution is -2.25. The van der Waals surface area contributed by atoms with E-state index in [-0.39, 0.29) is 11.8 Å². The molecule has 2 heterocycles. The van der Waals surface area contributed by atoms with E-state index in [1.54, 1.807) is 11.8 Å². The number of carbonyl (C=O) groups is 2. The van der Waals surface area contributed by atoms with Crippen molar-refractivity contribution in [2.24, 2.45) is 0 Å². The number of aromatic nitrogens is 2. The molecule has 0 fully saturated rings. The van der Waals surface area contributed by atoms with Crippen molar-refractivity contribution in [3.05, 3.63) is 48.0 Å². The van der Waals surface area contributed by atoms with Crippen molar-refractivity contribution in [2.75, 3.05) is 22.5 Å². The number of benzene rings is 2. The van der Waals surface area contributed by atoms with E-state index >= 15 is 0 Å². The Labute approximate surface area is 167 Å². The Hall–Kier alpha value is -2.80. The number of imidazole rings is 1. The largest absolute Gasteiger partial charge is 0.325 e. The molecule has 0 unspecified atom stereocenters. The number of amides is 2. The summed E-state index contributed by atoms with van der Waals surface area (Å²) >= 11 is 1.44. The Balaban J connectivity index is 1.42. The van der Waals surface area contributed by atoms with Crippen LogP contribution in [0, 0.1) is 0 Å². The maximum Gasteiger partial charge on any atom is 0.234 e. The molecule has 2 amide bonds. The SMILES string of the molecule is CCn1c(SCC(=O)Nc2ccc3c(c2)CCN3C(C)=O)nc2ccccc21. The van der Waals surface area contributed by atoms with Crippen LogP contribution in [0.3, 0.4) is 0 Å². The summed E-state index contributed by atoms with van der Waals surface area (Å²) in [6.45, 7) is 5.16. The molecule has 0 atom stereocenters. The van der Waals surface area contributed by atoms with Crippen molar-refractivity contribution in [1.29, 1.82) is 0 Å². The monoisotopic (exact) mass is 394 g/mol. The van der Waals surface area contributed by atoms with Crippen LogP contribution in [0.25, 0.3) is 11.0 Å². The van der Waals surface area contributed by atoms with Crippen LogP contribution in [0.2, 0.25) is 0 Å². The molecule has 1 N–H and O–H groups in total. The molecule has 0 spiro atoms. The fraction of sp³-hybridized carbons (Fsp3) is 0.286. The molecule has 7 heteroatoms. The van der Waals surface area contributed by atoms with Gasteiger partial charge >= 0.3 is 0 Å². The summed E-state index contributed by atoms with van der Waals surface area (Å²) in [6, 6.07) is 13.7. The fourth-order valence-corrected chi connectivity index (χ4v) is 4.48. The minimum absolute atomic E-state index is 0.0470. The van der Waals surface area contributed by atoms with Gasteiger partial charge in [-0.2, -0.15) is 0 Å². The lowest BCUT2D eigenvalue weighted by molar-refractivity contribution is -0.116. The van der Waals surface area contributed by atoms with Crippen LogP contribution in [0.5, 0.6) is 0 Å². The first-order valence-corrected chi connectivity index (χ1v) is 10.3. The highest BCUT2D eigenvalue weighted by Crippen LogP contribution is 2.30. The van der Waals surface area contributed by atoms with E-state index in [0.29, 0.717) is 12.3 Å². The molecule has 0 radical (unpaired) electrons. The lowest BCUT2D eigenvalue weighted by Gasteiger charge is -2.15. The summed E-state index contributed by atoms with van der Waals surface area (Å²) in [7, 11) is 0. The minimum atomic E-state index is -0.0684. The van der Waals surface area contributed by atoms with E-state index in [4.69, 9.17) is 0 Å². The Morgan fingerprint density at radius 2 is 2.04 bits per heavy atom. The molecule has 3 aromatic rings. The fourth-order valence-electron chi connectivity index (χ4n) is 3.60. The summed E-state index contributed by atoms with van der Waals surface area (Å²) in [5.74, 6) is 0.270. The number of rotatable bonds is 5. The molecule has 144 valence electrons. The van der Waals surface area contributed by atoms with E-state index < -0.39 is 0 Å². The van der Waals surface area contributed by atoms with Gasteiger partial charge in [0, 0.05) is 31.4 Å². The van der Waals surface area contributed by atoms with Gasteiger partial charge in [0.1, 0.15) is 0 Å². The predicted octanol–water partition coefficient (Wildman–Crippen LogP) is 3.70. The van der Waals surface area contributed by atoms with Crippen molar-refractivity contribution >= 4 is 46.0 Å². The van der Waals surface area contributed by atoms with E-state index in [9.17, 15) is 9.59 Å². The van der Waals surface area contributed by atoms with Crippen molar-refractivity contribution in [3.63, 3.8) is 0 Å². The third-order valence-electron chi connectivity index (χ3n) is 4.91. The van der Waals surface area contributed by atoms with Gasteiger partial charge in [-0.3, -0.25) is 9.59 Å². The molecule has 28 heavy (non-hydrogen) atoms. The first-order chi connectivity index (χ1) is 13.6. The third kappa shape index (κ3) is 3.49. The first kappa shape index (κ1) is 18.6. The van der Waals surface area contributed by atoms with Gasteiger partial charge in [-0.25, -0.2) is 4.98 Å². The summed E-state index contributed by atoms with van der Waals surface area (Å²) in [6.07, 6.45) is 0.813. The zero-order chi connectivity index (χ0) is 19.7. The average Bonchev–Trinajstić information content (AvgIpc) is 3.26. The summed E-state index contributed by atoms with van der Waals surface area (Å²) in [5, 5.41) is 3.81. The van der Waals surface area contributed by atoms with Crippen LogP contribution in [-0.4, -0.2) is 33.7 Å². The van der Waals surface area contributed by atoms with E-state index in [1.807, 2.05) is 42.5 Å². The second kappa shape index (κ2) is 7.67. The number of anilines is 2. The quantitative estimate of drug-likeness (QED) is 0.670. The van der Waals surface area contributed by atoms with Gasteiger partial charge in [-0.05, 0) is 49.2 Å². The Morgan fingerprint density at radius 1 is 1.21 bits per heavy atom. The van der Waals surface area contributed by atoms with Gasteiger partial charge < -0.3 is 14.8 Å². The molecule has 4 rings (SSSR count). The molecular weight excluding hydrogens is 372 g/mol. The summed E-state index contributed by atoms with van der Waals surface area (Å²) in [4.78, 5) is 30.5. The smallest absolute Gasteiger partial charge is 0.234 e. The number of nitrogens with zero attached hydrogens (tertiary/aromatic N) is 3. The molecule has 2 aromatic carbocycles. The third-order valence-corrected chi connectivity index (χ3v) is 5.88. The van der Waals surface area contributed by atoms with Gasteiger partial charge in [0.15, 0.2) is 5.16 Å². The standard InChI is InChI=1S/C21H22N4O2S/c1-3-24-19-7-5-4-6-17(19)23-21(24)28-13-20(27)22-16-8-9-18-15(12-16)10-11-25(18)14(2)26/h4-9,12H,3,10-11,13H2,1-2H3,(H,22,27). The van der Waals surface area contributed by atoms with Gasteiger partial charge in [0.05, 0.1) is 16.8 Å². The topological polar surface area (TPSA) is 67.2 Å². The van der Waals surface area contributed by atoms with Gasteiger partial charge in [0.2, 0.25) is 11.8 Å². The number of thioether (sulfide) groups is 1. The van der Waals surface area contributed by atoms with E-state index in [0.717, 1.165) is 46.1 Å². The van der Waals surface area contributed by atoms with Crippen molar-refractivity contribution in [3.8, 4) is 0 Å². The highest BCUT2D eigenvalue weighted by molar-refractivity contribution is 7.99. The van der Waals surface area contributed by atoms with E-state index in [2.05, 4.69) is 21.8 Å². The molecule has 1 aliphatic heterocycles. The lowest BCUT2D eigenvalue weighted by atomic mass is 10.1.